The molecule has 122 valence electrons. The van der Waals surface area contributed by atoms with Crippen molar-refractivity contribution in [1.29, 1.82) is 0 Å². The van der Waals surface area contributed by atoms with Gasteiger partial charge in [0.15, 0.2) is 0 Å². The average molecular weight is 706 g/mol. The first-order valence-electron chi connectivity index (χ1n) is 7.60. The molecule has 0 unspecified atom stereocenters. The second-order valence-electron chi connectivity index (χ2n) is 4.64. The van der Waals surface area contributed by atoms with Gasteiger partial charge in [-0.05, 0) is 0 Å². The predicted octanol–water partition coefficient (Wildman–Crippen LogP) is 4.22. The Labute approximate surface area is 163 Å². The van der Waals surface area contributed by atoms with Gasteiger partial charge in [0.05, 0.1) is 0 Å². The monoisotopic (exact) mass is 706 g/mol. The van der Waals surface area contributed by atoms with Crippen LogP contribution >= 0.6 is 0 Å². The van der Waals surface area contributed by atoms with E-state index in [1.807, 2.05) is 24.3 Å². The first-order valence-corrected chi connectivity index (χ1v) is 19.1. The number of rotatable bonds is 10. The predicted molar refractivity (Wildman–Crippen MR) is 115 cm³/mol. The molecular formula is C22H24Bi2. The molecule has 0 amide bonds. The van der Waals surface area contributed by atoms with E-state index in [9.17, 15) is 0 Å². The standard InChI is InChI=1S/C6H4.4C4H5.2Bi/c1-2-4-6-5-3-1;4*1-3-4-2;;/h1-2,5-6H;4*1,3-4H,2H2;;. The number of allylic oxidation sites excluding steroid dienone is 8. The van der Waals surface area contributed by atoms with Crippen LogP contribution in [0.4, 0.5) is 0 Å². The summed E-state index contributed by atoms with van der Waals surface area (Å²) in [5, 5.41) is 0. The fourth-order valence-corrected chi connectivity index (χ4v) is 13.9. The van der Waals surface area contributed by atoms with Crippen molar-refractivity contribution in [1.82, 2.24) is 0 Å². The second-order valence-corrected chi connectivity index (χ2v) is 19.6. The van der Waals surface area contributed by atoms with Crippen molar-refractivity contribution in [2.24, 2.45) is 0 Å². The van der Waals surface area contributed by atoms with E-state index in [2.05, 4.69) is 90.0 Å². The quantitative estimate of drug-likeness (QED) is 0.253. The molecule has 0 N–H and O–H groups in total. The number of benzene rings is 1. The van der Waals surface area contributed by atoms with Crippen LogP contribution in [0, 0.1) is 0 Å². The Kier molecular flexibility index (Phi) is 11.5. The Bertz CT molecular complexity index is 563. The van der Waals surface area contributed by atoms with Gasteiger partial charge in [-0.3, -0.25) is 0 Å². The first kappa shape index (κ1) is 20.9. The molecule has 0 aliphatic carbocycles. The van der Waals surface area contributed by atoms with Crippen LogP contribution in [0.15, 0.2) is 114 Å². The molecule has 0 radical (unpaired) electrons. The number of hydrogen-bond acceptors (Lipinski definition) is 0. The molecule has 0 nitrogen and oxygen atoms in total. The van der Waals surface area contributed by atoms with Gasteiger partial charge in [-0.15, -0.1) is 0 Å². The molecule has 0 aliphatic heterocycles. The molecular weight excluding hydrogens is 682 g/mol. The molecule has 0 saturated heterocycles. The fourth-order valence-electron chi connectivity index (χ4n) is 1.85. The van der Waals surface area contributed by atoms with Crippen molar-refractivity contribution < 1.29 is 0 Å². The molecule has 1 rings (SSSR count). The third kappa shape index (κ3) is 7.65. The zero-order valence-electron chi connectivity index (χ0n) is 14.0. The summed E-state index contributed by atoms with van der Waals surface area (Å²) in [7, 11) is 0. The van der Waals surface area contributed by atoms with Crippen molar-refractivity contribution in [3.05, 3.63) is 114 Å². The summed E-state index contributed by atoms with van der Waals surface area (Å²) >= 11 is -3.95. The van der Waals surface area contributed by atoms with Crippen LogP contribution in [0.25, 0.3) is 0 Å². The maximum absolute atomic E-state index is 3.78. The third-order valence-corrected chi connectivity index (χ3v) is 17.6. The van der Waals surface area contributed by atoms with Crippen LogP contribution in [-0.4, -0.2) is 43.5 Å². The summed E-state index contributed by atoms with van der Waals surface area (Å²) in [5.41, 5.74) is 0. The average Bonchev–Trinajstić information content (AvgIpc) is 2.62. The van der Waals surface area contributed by atoms with E-state index in [0.29, 0.717) is 0 Å². The minimum atomic E-state index is -1.98. The summed E-state index contributed by atoms with van der Waals surface area (Å²) in [4.78, 5) is 0. The van der Waals surface area contributed by atoms with Crippen LogP contribution in [0.1, 0.15) is 0 Å². The molecule has 0 bridgehead atoms. The van der Waals surface area contributed by atoms with Crippen molar-refractivity contribution >= 4 is 50.0 Å². The maximum atomic E-state index is 3.78. The zero-order valence-corrected chi connectivity index (χ0v) is 20.9. The van der Waals surface area contributed by atoms with E-state index in [4.69, 9.17) is 0 Å². The van der Waals surface area contributed by atoms with Crippen LogP contribution < -0.4 is 6.54 Å². The fraction of sp³-hybridized carbons (Fsp3) is 0. The molecule has 0 saturated carbocycles. The molecule has 1 aromatic carbocycles. The molecule has 0 heterocycles. The van der Waals surface area contributed by atoms with Gasteiger partial charge in [-0.25, -0.2) is 0 Å². The SMILES string of the molecule is C=CC=[CH][Bi]([CH]=CC=C)[c]1cc[c]([Bi]([CH]=CC=C)[CH]=CC=C)cc1. The normalized spacial score (nSPS) is 12.1. The third-order valence-electron chi connectivity index (χ3n) is 2.98. The van der Waals surface area contributed by atoms with Crippen molar-refractivity contribution in [3.8, 4) is 0 Å². The Morgan fingerprint density at radius 2 is 0.750 bits per heavy atom. The van der Waals surface area contributed by atoms with Crippen LogP contribution in [-0.2, 0) is 0 Å². The second kappa shape index (κ2) is 13.2. The van der Waals surface area contributed by atoms with Gasteiger partial charge in [0.25, 0.3) is 0 Å². The van der Waals surface area contributed by atoms with Crippen LogP contribution in [0.5, 0.6) is 0 Å². The molecule has 24 heavy (non-hydrogen) atoms. The summed E-state index contributed by atoms with van der Waals surface area (Å²) in [6.45, 7) is 15.1. The summed E-state index contributed by atoms with van der Waals surface area (Å²) in [6.07, 6.45) is 15.7. The van der Waals surface area contributed by atoms with Gasteiger partial charge in [0.2, 0.25) is 0 Å². The molecule has 1 aromatic rings. The topological polar surface area (TPSA) is 0 Å². The Morgan fingerprint density at radius 1 is 0.500 bits per heavy atom. The first-order chi connectivity index (χ1) is 11.8. The Hall–Kier alpha value is -1.09. The van der Waals surface area contributed by atoms with Gasteiger partial charge >= 0.3 is 164 Å². The van der Waals surface area contributed by atoms with Crippen LogP contribution in [0.2, 0.25) is 0 Å². The van der Waals surface area contributed by atoms with E-state index in [-0.39, 0.29) is 0 Å². The number of hydrogen-bond donors (Lipinski definition) is 0. The van der Waals surface area contributed by atoms with Crippen LogP contribution in [0.3, 0.4) is 0 Å². The van der Waals surface area contributed by atoms with E-state index >= 15 is 0 Å². The zero-order chi connectivity index (χ0) is 17.6. The van der Waals surface area contributed by atoms with E-state index in [0.717, 1.165) is 0 Å². The van der Waals surface area contributed by atoms with Crippen molar-refractivity contribution in [3.63, 3.8) is 0 Å². The van der Waals surface area contributed by atoms with Crippen molar-refractivity contribution in [2.45, 2.75) is 0 Å². The van der Waals surface area contributed by atoms with Gasteiger partial charge < -0.3 is 0 Å². The van der Waals surface area contributed by atoms with Gasteiger partial charge in [0, 0.05) is 0 Å². The van der Waals surface area contributed by atoms with Gasteiger partial charge in [-0.1, -0.05) is 0 Å². The van der Waals surface area contributed by atoms with Gasteiger partial charge in [0.1, 0.15) is 0 Å². The summed E-state index contributed by atoms with van der Waals surface area (Å²) < 4.78 is 12.3. The van der Waals surface area contributed by atoms with Gasteiger partial charge in [-0.2, -0.15) is 0 Å². The summed E-state index contributed by atoms with van der Waals surface area (Å²) in [5.74, 6) is 0. The van der Waals surface area contributed by atoms with E-state index in [1.165, 1.54) is 6.54 Å². The molecule has 0 atom stereocenters. The molecule has 0 aromatic heterocycles. The molecule has 0 fully saturated rings. The molecule has 0 spiro atoms. The summed E-state index contributed by atoms with van der Waals surface area (Å²) in [6, 6.07) is 9.22. The molecule has 0 aliphatic rings. The Balaban J connectivity index is 3.10. The minimum absolute atomic E-state index is 1.47. The Morgan fingerprint density at radius 3 is 0.958 bits per heavy atom. The van der Waals surface area contributed by atoms with E-state index < -0.39 is 43.5 Å². The molecule has 2 heteroatoms. The van der Waals surface area contributed by atoms with Crippen molar-refractivity contribution in [2.75, 3.05) is 0 Å². The van der Waals surface area contributed by atoms with E-state index in [1.54, 1.807) is 0 Å².